The molecule has 0 aliphatic carbocycles. The maximum absolute atomic E-state index is 13.3. The average Bonchev–Trinajstić information content (AvgIpc) is 3.01. The van der Waals surface area contributed by atoms with Crippen molar-refractivity contribution in [2.75, 3.05) is 13.1 Å². The van der Waals surface area contributed by atoms with Gasteiger partial charge >= 0.3 is 0 Å². The SMILES string of the molecule is I.NC(=NCC(O)c1ccc(Cl)c(F)c1)NCCc1cccs1. The van der Waals surface area contributed by atoms with Gasteiger partial charge in [0.2, 0.25) is 0 Å². The topological polar surface area (TPSA) is 70.6 Å². The largest absolute Gasteiger partial charge is 0.386 e. The minimum atomic E-state index is -0.926. The lowest BCUT2D eigenvalue weighted by Crippen LogP contribution is -2.33. The van der Waals surface area contributed by atoms with Crippen LogP contribution >= 0.6 is 46.9 Å². The Labute approximate surface area is 160 Å². The molecule has 0 aliphatic heterocycles. The Morgan fingerprint density at radius 1 is 1.43 bits per heavy atom. The number of guanidine groups is 1. The molecule has 8 heteroatoms. The molecule has 1 heterocycles. The van der Waals surface area contributed by atoms with Crippen LogP contribution in [-0.2, 0) is 6.42 Å². The van der Waals surface area contributed by atoms with E-state index in [1.807, 2.05) is 11.4 Å². The van der Waals surface area contributed by atoms with Crippen LogP contribution in [0.5, 0.6) is 0 Å². The number of aliphatic hydroxyl groups is 1. The van der Waals surface area contributed by atoms with Crippen molar-refractivity contribution in [1.29, 1.82) is 0 Å². The summed E-state index contributed by atoms with van der Waals surface area (Å²) in [6.07, 6.45) is -0.0665. The van der Waals surface area contributed by atoms with E-state index in [4.69, 9.17) is 17.3 Å². The standard InChI is InChI=1S/C15H17ClFN3OS.HI/c16-12-4-3-10(8-13(12)17)14(21)9-20-15(18)19-6-5-11-2-1-7-22-11;/h1-4,7-8,14,21H,5-6,9H2,(H3,18,19,20);1H. The molecule has 0 aliphatic rings. The van der Waals surface area contributed by atoms with Crippen LogP contribution in [0.4, 0.5) is 4.39 Å². The maximum Gasteiger partial charge on any atom is 0.188 e. The van der Waals surface area contributed by atoms with Crippen LogP contribution in [0.3, 0.4) is 0 Å². The summed E-state index contributed by atoms with van der Waals surface area (Å²) in [5.74, 6) is -0.311. The van der Waals surface area contributed by atoms with Gasteiger partial charge in [0, 0.05) is 11.4 Å². The van der Waals surface area contributed by atoms with Crippen molar-refractivity contribution in [3.05, 3.63) is 57.0 Å². The summed E-state index contributed by atoms with van der Waals surface area (Å²) in [6.45, 7) is 0.723. The number of aliphatic imine (C=N–C) groups is 1. The Kier molecular flexibility index (Phi) is 8.82. The van der Waals surface area contributed by atoms with Crippen LogP contribution in [0.15, 0.2) is 40.7 Å². The molecule has 1 atom stereocenters. The Morgan fingerprint density at radius 2 is 2.22 bits per heavy atom. The van der Waals surface area contributed by atoms with Crippen LogP contribution in [0, 0.1) is 5.82 Å². The van der Waals surface area contributed by atoms with Gasteiger partial charge in [0.15, 0.2) is 5.96 Å². The molecule has 23 heavy (non-hydrogen) atoms. The van der Waals surface area contributed by atoms with Crippen molar-refractivity contribution >= 4 is 52.9 Å². The summed E-state index contributed by atoms with van der Waals surface area (Å²) >= 11 is 7.28. The number of nitrogens with zero attached hydrogens (tertiary/aromatic N) is 1. The normalized spacial score (nSPS) is 12.6. The van der Waals surface area contributed by atoms with Crippen molar-refractivity contribution in [1.82, 2.24) is 5.32 Å². The van der Waals surface area contributed by atoms with Crippen LogP contribution < -0.4 is 11.1 Å². The van der Waals surface area contributed by atoms with E-state index < -0.39 is 11.9 Å². The van der Waals surface area contributed by atoms with Gasteiger partial charge in [0.1, 0.15) is 5.82 Å². The summed E-state index contributed by atoms with van der Waals surface area (Å²) in [6, 6.07) is 8.22. The first-order chi connectivity index (χ1) is 10.6. The zero-order valence-electron chi connectivity index (χ0n) is 12.2. The summed E-state index contributed by atoms with van der Waals surface area (Å²) in [7, 11) is 0. The molecule has 0 radical (unpaired) electrons. The van der Waals surface area contributed by atoms with Crippen molar-refractivity contribution < 1.29 is 9.50 Å². The molecule has 4 N–H and O–H groups in total. The zero-order valence-corrected chi connectivity index (χ0v) is 16.1. The van der Waals surface area contributed by atoms with Gasteiger partial charge in [0.05, 0.1) is 17.7 Å². The van der Waals surface area contributed by atoms with Crippen molar-refractivity contribution in [3.63, 3.8) is 0 Å². The van der Waals surface area contributed by atoms with Gasteiger partial charge in [-0.2, -0.15) is 0 Å². The monoisotopic (exact) mass is 469 g/mol. The molecule has 2 rings (SSSR count). The molecule has 2 aromatic rings. The molecule has 1 unspecified atom stereocenters. The lowest BCUT2D eigenvalue weighted by atomic mass is 10.1. The predicted octanol–water partition coefficient (Wildman–Crippen LogP) is 3.34. The summed E-state index contributed by atoms with van der Waals surface area (Å²) < 4.78 is 13.3. The third-order valence-electron chi connectivity index (χ3n) is 3.02. The molecule has 0 spiro atoms. The zero-order chi connectivity index (χ0) is 15.9. The highest BCUT2D eigenvalue weighted by atomic mass is 127. The summed E-state index contributed by atoms with van der Waals surface area (Å²) in [5, 5.41) is 15.0. The first-order valence-corrected chi connectivity index (χ1v) is 8.01. The minimum absolute atomic E-state index is 0. The lowest BCUT2D eigenvalue weighted by Gasteiger charge is -2.10. The number of hydrogen-bond acceptors (Lipinski definition) is 3. The van der Waals surface area contributed by atoms with Gasteiger partial charge in [0.25, 0.3) is 0 Å². The highest BCUT2D eigenvalue weighted by Crippen LogP contribution is 2.20. The Balaban J connectivity index is 0.00000264. The maximum atomic E-state index is 13.3. The second kappa shape index (κ2) is 10.1. The van der Waals surface area contributed by atoms with Crippen molar-refractivity contribution in [2.24, 2.45) is 10.7 Å². The molecule has 0 saturated carbocycles. The van der Waals surface area contributed by atoms with Gasteiger partial charge in [-0.05, 0) is 35.6 Å². The summed E-state index contributed by atoms with van der Waals surface area (Å²) in [5.41, 5.74) is 6.14. The van der Waals surface area contributed by atoms with E-state index in [0.29, 0.717) is 12.1 Å². The molecule has 0 fully saturated rings. The van der Waals surface area contributed by atoms with E-state index in [1.54, 1.807) is 17.4 Å². The molecule has 4 nitrogen and oxygen atoms in total. The minimum Gasteiger partial charge on any atom is -0.386 e. The number of thiophene rings is 1. The predicted molar refractivity (Wildman–Crippen MR) is 104 cm³/mol. The highest BCUT2D eigenvalue weighted by molar-refractivity contribution is 14.0. The number of hydrogen-bond donors (Lipinski definition) is 3. The number of nitrogens with one attached hydrogen (secondary N) is 1. The Hall–Kier alpha value is -0.900. The fourth-order valence-electron chi connectivity index (χ4n) is 1.83. The number of rotatable bonds is 6. The number of nitrogens with two attached hydrogens (primary N) is 1. The van der Waals surface area contributed by atoms with E-state index in [-0.39, 0.29) is 41.5 Å². The van der Waals surface area contributed by atoms with E-state index in [1.165, 1.54) is 17.0 Å². The fourth-order valence-corrected chi connectivity index (χ4v) is 2.66. The quantitative estimate of drug-likeness (QED) is 0.345. The first-order valence-electron chi connectivity index (χ1n) is 6.75. The van der Waals surface area contributed by atoms with Gasteiger partial charge in [-0.25, -0.2) is 4.39 Å². The number of benzene rings is 1. The smallest absolute Gasteiger partial charge is 0.188 e. The number of aliphatic hydroxyl groups excluding tert-OH is 1. The fraction of sp³-hybridized carbons (Fsp3) is 0.267. The van der Waals surface area contributed by atoms with Crippen LogP contribution in [0.1, 0.15) is 16.5 Å². The third-order valence-corrected chi connectivity index (χ3v) is 4.26. The van der Waals surface area contributed by atoms with E-state index in [0.717, 1.165) is 6.42 Å². The van der Waals surface area contributed by atoms with Gasteiger partial charge in [-0.3, -0.25) is 4.99 Å². The first kappa shape index (κ1) is 20.1. The highest BCUT2D eigenvalue weighted by Gasteiger charge is 2.09. The van der Waals surface area contributed by atoms with Crippen molar-refractivity contribution in [2.45, 2.75) is 12.5 Å². The van der Waals surface area contributed by atoms with Crippen LogP contribution in [0.25, 0.3) is 0 Å². The van der Waals surface area contributed by atoms with E-state index in [2.05, 4.69) is 16.4 Å². The summed E-state index contributed by atoms with van der Waals surface area (Å²) in [4.78, 5) is 5.31. The van der Waals surface area contributed by atoms with Gasteiger partial charge in [-0.1, -0.05) is 23.7 Å². The molecular weight excluding hydrogens is 452 g/mol. The second-order valence-electron chi connectivity index (χ2n) is 4.67. The lowest BCUT2D eigenvalue weighted by molar-refractivity contribution is 0.186. The van der Waals surface area contributed by atoms with Crippen molar-refractivity contribution in [3.8, 4) is 0 Å². The number of halogens is 3. The van der Waals surface area contributed by atoms with Crippen LogP contribution in [-0.4, -0.2) is 24.2 Å². The van der Waals surface area contributed by atoms with Gasteiger partial charge in [-0.15, -0.1) is 35.3 Å². The molecule has 0 bridgehead atoms. The van der Waals surface area contributed by atoms with E-state index >= 15 is 0 Å². The third kappa shape index (κ3) is 6.62. The molecular formula is C15H18ClFIN3OS. The molecule has 126 valence electrons. The Bertz CT molecular complexity index is 640. The molecule has 1 aromatic carbocycles. The molecule has 1 aromatic heterocycles. The average molecular weight is 470 g/mol. The molecule has 0 saturated heterocycles. The second-order valence-corrected chi connectivity index (χ2v) is 6.11. The van der Waals surface area contributed by atoms with E-state index in [9.17, 15) is 9.50 Å². The Morgan fingerprint density at radius 3 is 2.87 bits per heavy atom. The van der Waals surface area contributed by atoms with Gasteiger partial charge < -0.3 is 16.2 Å². The van der Waals surface area contributed by atoms with Crippen LogP contribution in [0.2, 0.25) is 5.02 Å². The molecule has 0 amide bonds.